The van der Waals surface area contributed by atoms with E-state index in [9.17, 15) is 19.5 Å². The molecule has 0 heterocycles. The van der Waals surface area contributed by atoms with Crippen LogP contribution >= 0.6 is 9.24 Å². The van der Waals surface area contributed by atoms with E-state index in [0.717, 1.165) is 18.1 Å². The van der Waals surface area contributed by atoms with Gasteiger partial charge in [-0.1, -0.05) is 12.1 Å². The maximum Gasteiger partial charge on any atom is 0.343 e. The summed E-state index contributed by atoms with van der Waals surface area (Å²) in [6.45, 7) is 0. The number of phenolic OH excluding ortho intramolecular Hbond substituents is 1. The van der Waals surface area contributed by atoms with Gasteiger partial charge in [0.15, 0.2) is 6.29 Å². The summed E-state index contributed by atoms with van der Waals surface area (Å²) in [6, 6.07) is 16.8. The fraction of sp³-hybridized carbons (Fsp3) is 0.0870. The molecule has 0 bridgehead atoms. The Morgan fingerprint density at radius 1 is 0.867 bits per heavy atom. The molecule has 0 saturated heterocycles. The third kappa shape index (κ3) is 5.31. The smallest absolute Gasteiger partial charge is 0.343 e. The predicted molar refractivity (Wildman–Crippen MR) is 115 cm³/mol. The number of hydrogen-bond donors (Lipinski definition) is 1. The second-order valence-corrected chi connectivity index (χ2v) is 6.96. The van der Waals surface area contributed by atoms with Crippen LogP contribution in [0.4, 0.5) is 0 Å². The molecule has 1 N–H and O–H groups in total. The van der Waals surface area contributed by atoms with Gasteiger partial charge in [0.1, 0.15) is 17.2 Å². The highest BCUT2D eigenvalue weighted by molar-refractivity contribution is 7.16. The number of rotatable bonds is 7. The van der Waals surface area contributed by atoms with Crippen molar-refractivity contribution < 1.29 is 29.0 Å². The lowest BCUT2D eigenvalue weighted by Gasteiger charge is -2.10. The number of benzene rings is 3. The number of aldehydes is 1. The fourth-order valence-corrected chi connectivity index (χ4v) is 3.00. The van der Waals surface area contributed by atoms with Crippen molar-refractivity contribution in [2.75, 3.05) is 6.16 Å². The molecule has 7 heteroatoms. The summed E-state index contributed by atoms with van der Waals surface area (Å²) >= 11 is 0. The van der Waals surface area contributed by atoms with E-state index < -0.39 is 11.9 Å². The lowest BCUT2D eigenvalue weighted by molar-refractivity contribution is 0.0717. The summed E-state index contributed by atoms with van der Waals surface area (Å²) < 4.78 is 10.6. The van der Waals surface area contributed by atoms with Crippen LogP contribution in [0.1, 0.15) is 36.6 Å². The van der Waals surface area contributed by atoms with Crippen molar-refractivity contribution in [1.82, 2.24) is 0 Å². The number of aryl methyl sites for hydroxylation is 1. The van der Waals surface area contributed by atoms with E-state index in [1.807, 2.05) is 12.1 Å². The summed E-state index contributed by atoms with van der Waals surface area (Å²) in [5.41, 5.74) is 1.78. The maximum atomic E-state index is 12.4. The van der Waals surface area contributed by atoms with Crippen LogP contribution in [0.3, 0.4) is 0 Å². The van der Waals surface area contributed by atoms with Gasteiger partial charge in [-0.15, -0.1) is 9.24 Å². The largest absolute Gasteiger partial charge is 0.508 e. The van der Waals surface area contributed by atoms with Gasteiger partial charge in [-0.3, -0.25) is 4.79 Å². The standard InChI is InChI=1S/C23H19O6P/c24-14-18-13-20(28-22(26)17-5-7-19(25)8-6-17)9-10-21(18)29-23(27)16-3-1-15(2-4-16)11-12-30/h1-10,13-14,25H,11-12,30H2. The van der Waals surface area contributed by atoms with E-state index in [2.05, 4.69) is 9.24 Å². The van der Waals surface area contributed by atoms with Crippen molar-refractivity contribution in [2.45, 2.75) is 6.42 Å². The normalized spacial score (nSPS) is 10.3. The first-order chi connectivity index (χ1) is 14.5. The average Bonchev–Trinajstić information content (AvgIpc) is 2.76. The first-order valence-electron chi connectivity index (χ1n) is 9.12. The minimum absolute atomic E-state index is 0.0277. The third-order valence-electron chi connectivity index (χ3n) is 4.25. The maximum absolute atomic E-state index is 12.4. The van der Waals surface area contributed by atoms with Gasteiger partial charge in [0.2, 0.25) is 0 Å². The molecule has 3 aromatic carbocycles. The molecular weight excluding hydrogens is 403 g/mol. The summed E-state index contributed by atoms with van der Waals surface area (Å²) in [5.74, 6) is -1.03. The first-order valence-corrected chi connectivity index (χ1v) is 9.93. The summed E-state index contributed by atoms with van der Waals surface area (Å²) in [5, 5.41) is 9.29. The zero-order valence-electron chi connectivity index (χ0n) is 15.9. The molecule has 152 valence electrons. The molecule has 0 amide bonds. The van der Waals surface area contributed by atoms with Crippen LogP contribution in [0.25, 0.3) is 0 Å². The van der Waals surface area contributed by atoms with Gasteiger partial charge in [0, 0.05) is 0 Å². The molecule has 0 saturated carbocycles. The first kappa shape index (κ1) is 21.2. The van der Waals surface area contributed by atoms with Crippen LogP contribution in [0, 0.1) is 0 Å². The minimum atomic E-state index is -0.651. The van der Waals surface area contributed by atoms with Gasteiger partial charge in [0.25, 0.3) is 0 Å². The van der Waals surface area contributed by atoms with Crippen LogP contribution in [0.15, 0.2) is 66.7 Å². The SMILES string of the molecule is O=Cc1cc(OC(=O)c2ccc(O)cc2)ccc1OC(=O)c1ccc(CCP)cc1. The van der Waals surface area contributed by atoms with Crippen LogP contribution in [-0.4, -0.2) is 29.5 Å². The Morgan fingerprint density at radius 2 is 1.47 bits per heavy atom. The molecule has 1 atom stereocenters. The number of hydrogen-bond acceptors (Lipinski definition) is 6. The zero-order valence-corrected chi connectivity index (χ0v) is 17.1. The molecule has 0 fully saturated rings. The van der Waals surface area contributed by atoms with Crippen molar-refractivity contribution in [3.8, 4) is 17.2 Å². The molecule has 30 heavy (non-hydrogen) atoms. The lowest BCUT2D eigenvalue weighted by atomic mass is 10.1. The van der Waals surface area contributed by atoms with Gasteiger partial charge in [0.05, 0.1) is 16.7 Å². The van der Waals surface area contributed by atoms with E-state index in [0.29, 0.717) is 11.8 Å². The van der Waals surface area contributed by atoms with Gasteiger partial charge in [-0.2, -0.15) is 0 Å². The van der Waals surface area contributed by atoms with Gasteiger partial charge in [-0.05, 0) is 72.7 Å². The molecule has 0 radical (unpaired) electrons. The minimum Gasteiger partial charge on any atom is -0.508 e. The van der Waals surface area contributed by atoms with E-state index in [1.54, 1.807) is 12.1 Å². The second-order valence-electron chi connectivity index (χ2n) is 6.38. The Hall–Kier alpha value is -3.50. The monoisotopic (exact) mass is 422 g/mol. The fourth-order valence-electron chi connectivity index (χ4n) is 2.67. The zero-order chi connectivity index (χ0) is 21.5. The Kier molecular flexibility index (Phi) is 6.94. The van der Waals surface area contributed by atoms with E-state index >= 15 is 0 Å². The van der Waals surface area contributed by atoms with E-state index in [4.69, 9.17) is 9.47 Å². The van der Waals surface area contributed by atoms with Crippen molar-refractivity contribution in [1.29, 1.82) is 0 Å². The van der Waals surface area contributed by atoms with Crippen LogP contribution in [0.2, 0.25) is 0 Å². The van der Waals surface area contributed by atoms with Crippen molar-refractivity contribution in [3.05, 3.63) is 89.0 Å². The van der Waals surface area contributed by atoms with E-state index in [-0.39, 0.29) is 28.4 Å². The van der Waals surface area contributed by atoms with Gasteiger partial charge in [-0.25, -0.2) is 9.59 Å². The molecule has 0 spiro atoms. The number of aromatic hydroxyl groups is 1. The Balaban J connectivity index is 1.72. The number of esters is 2. The molecule has 3 rings (SSSR count). The van der Waals surface area contributed by atoms with Crippen molar-refractivity contribution in [2.24, 2.45) is 0 Å². The quantitative estimate of drug-likeness (QED) is 0.267. The van der Waals surface area contributed by atoms with Crippen molar-refractivity contribution in [3.63, 3.8) is 0 Å². The predicted octanol–water partition coefficient (Wildman–Crippen LogP) is 4.06. The molecular formula is C23H19O6P. The molecule has 0 aromatic heterocycles. The van der Waals surface area contributed by atoms with Crippen LogP contribution in [-0.2, 0) is 6.42 Å². The lowest BCUT2D eigenvalue weighted by Crippen LogP contribution is -2.11. The molecule has 1 unspecified atom stereocenters. The molecule has 0 aliphatic carbocycles. The highest BCUT2D eigenvalue weighted by Crippen LogP contribution is 2.25. The third-order valence-corrected chi connectivity index (χ3v) is 4.54. The van der Waals surface area contributed by atoms with Crippen LogP contribution in [0.5, 0.6) is 17.2 Å². The number of carbonyl (C=O) groups is 3. The molecule has 3 aromatic rings. The topological polar surface area (TPSA) is 89.9 Å². The summed E-state index contributed by atoms with van der Waals surface area (Å²) in [7, 11) is 2.65. The van der Waals surface area contributed by atoms with Crippen molar-refractivity contribution >= 4 is 27.5 Å². The van der Waals surface area contributed by atoms with Gasteiger partial charge < -0.3 is 14.6 Å². The number of ether oxygens (including phenoxy) is 2. The molecule has 0 aliphatic rings. The van der Waals surface area contributed by atoms with E-state index in [1.165, 1.54) is 42.5 Å². The summed E-state index contributed by atoms with van der Waals surface area (Å²) in [4.78, 5) is 36.0. The van der Waals surface area contributed by atoms with Gasteiger partial charge >= 0.3 is 11.9 Å². The Morgan fingerprint density at radius 3 is 2.07 bits per heavy atom. The second kappa shape index (κ2) is 9.81. The summed E-state index contributed by atoms with van der Waals surface area (Å²) in [6.07, 6.45) is 2.33. The Bertz CT molecular complexity index is 1060. The van der Waals surface area contributed by atoms with Crippen LogP contribution < -0.4 is 9.47 Å². The number of carbonyl (C=O) groups excluding carboxylic acids is 3. The number of phenols is 1. The Labute approximate surface area is 175 Å². The highest BCUT2D eigenvalue weighted by atomic mass is 31.0. The molecule has 6 nitrogen and oxygen atoms in total. The average molecular weight is 422 g/mol. The highest BCUT2D eigenvalue weighted by Gasteiger charge is 2.15. The molecule has 0 aliphatic heterocycles.